The molecule has 2 rings (SSSR count). The summed E-state index contributed by atoms with van der Waals surface area (Å²) in [6.07, 6.45) is 4.81. The summed E-state index contributed by atoms with van der Waals surface area (Å²) in [5, 5.41) is 2.57. The summed E-state index contributed by atoms with van der Waals surface area (Å²) in [5.74, 6) is 0. The Balaban J connectivity index is 1.68. The molecule has 1 aromatic heterocycles. The average Bonchev–Trinajstić information content (AvgIpc) is 2.52. The Morgan fingerprint density at radius 2 is 1.95 bits per heavy atom. The highest BCUT2D eigenvalue weighted by Crippen LogP contribution is 2.00. The van der Waals surface area contributed by atoms with E-state index in [1.807, 2.05) is 30.3 Å². The van der Waals surface area contributed by atoms with Gasteiger partial charge in [0.2, 0.25) is 0 Å². The van der Waals surface area contributed by atoms with Gasteiger partial charge >= 0.3 is 12.2 Å². The van der Waals surface area contributed by atoms with Crippen LogP contribution in [0.5, 0.6) is 0 Å². The molecule has 0 fully saturated rings. The third-order valence-corrected chi connectivity index (χ3v) is 2.53. The highest BCUT2D eigenvalue weighted by Gasteiger charge is 2.00. The quantitative estimate of drug-likeness (QED) is 0.858. The first-order valence-corrected chi connectivity index (χ1v) is 6.32. The van der Waals surface area contributed by atoms with E-state index in [2.05, 4.69) is 15.3 Å². The van der Waals surface area contributed by atoms with Crippen molar-refractivity contribution in [3.8, 4) is 0 Å². The van der Waals surface area contributed by atoms with Crippen molar-refractivity contribution >= 4 is 12.2 Å². The lowest BCUT2D eigenvalue weighted by atomic mass is 10.2. The van der Waals surface area contributed by atoms with Gasteiger partial charge in [-0.05, 0) is 5.56 Å². The largest absolute Gasteiger partial charge is 0.445 e. The number of hydrogen-bond acceptors (Lipinski definition) is 4. The van der Waals surface area contributed by atoms with Gasteiger partial charge in [0, 0.05) is 24.5 Å². The molecule has 21 heavy (non-hydrogen) atoms. The maximum atomic E-state index is 12.5. The highest BCUT2D eigenvalue weighted by atomic mass is 19.1. The lowest BCUT2D eigenvalue weighted by Crippen LogP contribution is -2.24. The van der Waals surface area contributed by atoms with E-state index in [-0.39, 0.29) is 6.61 Å². The Labute approximate surface area is 121 Å². The van der Waals surface area contributed by atoms with Crippen LogP contribution in [0.4, 0.5) is 9.18 Å². The van der Waals surface area contributed by atoms with Gasteiger partial charge in [0.25, 0.3) is 0 Å². The molecule has 108 valence electrons. The molecule has 0 atom stereocenters. The highest BCUT2D eigenvalue weighted by molar-refractivity contribution is 5.67. The molecule has 0 aliphatic heterocycles. The van der Waals surface area contributed by atoms with Crippen LogP contribution in [0.2, 0.25) is 0 Å². The van der Waals surface area contributed by atoms with Gasteiger partial charge in [-0.25, -0.2) is 14.8 Å². The van der Waals surface area contributed by atoms with Crippen LogP contribution in [0.15, 0.2) is 48.8 Å². The fourth-order valence-electron chi connectivity index (χ4n) is 1.52. The smallest absolute Gasteiger partial charge is 0.407 e. The molecule has 0 radical (unpaired) electrons. The summed E-state index contributed by atoms with van der Waals surface area (Å²) in [5.41, 5.74) is 1.57. The van der Waals surface area contributed by atoms with Crippen molar-refractivity contribution in [3.05, 3.63) is 66.0 Å². The second-order valence-electron chi connectivity index (χ2n) is 4.13. The molecule has 0 saturated carbocycles. The third kappa shape index (κ3) is 5.40. The summed E-state index contributed by atoms with van der Waals surface area (Å²) in [6, 6.07) is 9.41. The molecular weight excluding hydrogens is 273 g/mol. The van der Waals surface area contributed by atoms with Crippen LogP contribution in [-0.4, -0.2) is 22.6 Å². The van der Waals surface area contributed by atoms with Crippen molar-refractivity contribution < 1.29 is 13.9 Å². The van der Waals surface area contributed by atoms with E-state index in [9.17, 15) is 9.18 Å². The predicted molar refractivity (Wildman–Crippen MR) is 75.7 cm³/mol. The number of nitrogens with zero attached hydrogens (tertiary/aromatic N) is 2. The van der Waals surface area contributed by atoms with Gasteiger partial charge in [0.05, 0.1) is 0 Å². The van der Waals surface area contributed by atoms with Gasteiger partial charge in [0.15, 0.2) is 0 Å². The first-order chi connectivity index (χ1) is 10.2. The lowest BCUT2D eigenvalue weighted by Gasteiger charge is -2.05. The fraction of sp³-hybridized carbons (Fsp3) is 0.133. The number of benzene rings is 1. The molecule has 1 aromatic carbocycles. The molecule has 0 spiro atoms. The van der Waals surface area contributed by atoms with Crippen LogP contribution in [-0.2, 0) is 11.3 Å². The number of carbonyl (C=O) groups is 1. The number of halogens is 1. The average molecular weight is 287 g/mol. The molecule has 1 N–H and O–H groups in total. The molecule has 1 heterocycles. The first kappa shape index (κ1) is 14.6. The normalized spacial score (nSPS) is 10.5. The topological polar surface area (TPSA) is 64.1 Å². The number of hydrogen-bond donors (Lipinski definition) is 1. The second kappa shape index (κ2) is 7.74. The Bertz CT molecular complexity index is 600. The van der Waals surface area contributed by atoms with E-state index >= 15 is 0 Å². The Kier molecular flexibility index (Phi) is 5.40. The van der Waals surface area contributed by atoms with Crippen LogP contribution in [0.1, 0.15) is 11.1 Å². The van der Waals surface area contributed by atoms with Crippen molar-refractivity contribution in [2.24, 2.45) is 0 Å². The van der Waals surface area contributed by atoms with E-state index in [0.717, 1.165) is 5.56 Å². The maximum absolute atomic E-state index is 12.5. The molecule has 6 heteroatoms. The van der Waals surface area contributed by atoms with Crippen LogP contribution >= 0.6 is 0 Å². The summed E-state index contributed by atoms with van der Waals surface area (Å²) in [4.78, 5) is 18.3. The summed E-state index contributed by atoms with van der Waals surface area (Å²) in [6.45, 7) is 0.521. The standard InChI is InChI=1S/C15H14FN3O2/c16-14-18-9-13(10-19-14)7-4-8-17-15(20)21-11-12-5-2-1-3-6-12/h1-7,9-10H,8,11H2,(H,17,20). The number of ether oxygens (including phenoxy) is 1. The fourth-order valence-corrected chi connectivity index (χ4v) is 1.52. The van der Waals surface area contributed by atoms with Crippen molar-refractivity contribution in [1.82, 2.24) is 15.3 Å². The number of alkyl carbamates (subject to hydrolysis) is 1. The zero-order valence-corrected chi connectivity index (χ0v) is 11.2. The second-order valence-corrected chi connectivity index (χ2v) is 4.13. The molecule has 1 amide bonds. The molecule has 0 bridgehead atoms. The van der Waals surface area contributed by atoms with Gasteiger partial charge in [-0.1, -0.05) is 42.5 Å². The number of carbonyl (C=O) groups excluding carboxylic acids is 1. The van der Waals surface area contributed by atoms with Crippen LogP contribution in [0, 0.1) is 6.08 Å². The van der Waals surface area contributed by atoms with Crippen LogP contribution in [0.3, 0.4) is 0 Å². The zero-order valence-electron chi connectivity index (χ0n) is 11.2. The monoisotopic (exact) mass is 287 g/mol. The van der Waals surface area contributed by atoms with Gasteiger partial charge in [-0.15, -0.1) is 0 Å². The number of rotatable bonds is 5. The summed E-state index contributed by atoms with van der Waals surface area (Å²) in [7, 11) is 0. The summed E-state index contributed by atoms with van der Waals surface area (Å²) < 4.78 is 17.5. The molecular formula is C15H14FN3O2. The van der Waals surface area contributed by atoms with Crippen molar-refractivity contribution in [2.75, 3.05) is 6.54 Å². The SMILES string of the molecule is O=C(NCC=Cc1cnc(F)nc1)OCc1ccccc1. The van der Waals surface area contributed by atoms with Gasteiger partial charge in [0.1, 0.15) is 6.61 Å². The number of nitrogens with one attached hydrogen (secondary N) is 1. The van der Waals surface area contributed by atoms with Gasteiger partial charge < -0.3 is 10.1 Å². The lowest BCUT2D eigenvalue weighted by molar-refractivity contribution is 0.141. The van der Waals surface area contributed by atoms with Crippen molar-refractivity contribution in [2.45, 2.75) is 6.61 Å². The molecule has 0 aliphatic carbocycles. The molecule has 5 nitrogen and oxygen atoms in total. The van der Waals surface area contributed by atoms with E-state index in [1.54, 1.807) is 12.2 Å². The van der Waals surface area contributed by atoms with E-state index in [0.29, 0.717) is 12.1 Å². The van der Waals surface area contributed by atoms with Crippen molar-refractivity contribution in [1.29, 1.82) is 0 Å². The zero-order chi connectivity index (χ0) is 14.9. The van der Waals surface area contributed by atoms with E-state index < -0.39 is 12.2 Å². The van der Waals surface area contributed by atoms with Gasteiger partial charge in [-0.2, -0.15) is 4.39 Å². The van der Waals surface area contributed by atoms with Crippen LogP contribution in [0.25, 0.3) is 6.08 Å². The molecule has 0 aliphatic rings. The summed E-state index contributed by atoms with van der Waals surface area (Å²) >= 11 is 0. The minimum Gasteiger partial charge on any atom is -0.445 e. The van der Waals surface area contributed by atoms with Crippen LogP contribution < -0.4 is 5.32 Å². The Hall–Kier alpha value is -2.76. The van der Waals surface area contributed by atoms with E-state index in [4.69, 9.17) is 4.74 Å². The predicted octanol–water partition coefficient (Wildman–Crippen LogP) is 2.56. The third-order valence-electron chi connectivity index (χ3n) is 2.53. The minimum atomic E-state index is -0.769. The first-order valence-electron chi connectivity index (χ1n) is 6.32. The molecule has 0 unspecified atom stereocenters. The van der Waals surface area contributed by atoms with Crippen molar-refractivity contribution in [3.63, 3.8) is 0 Å². The Morgan fingerprint density at radius 1 is 1.24 bits per heavy atom. The number of amides is 1. The van der Waals surface area contributed by atoms with Gasteiger partial charge in [-0.3, -0.25) is 0 Å². The number of aromatic nitrogens is 2. The molecule has 0 saturated heterocycles. The minimum absolute atomic E-state index is 0.224. The molecule has 2 aromatic rings. The maximum Gasteiger partial charge on any atom is 0.407 e. The van der Waals surface area contributed by atoms with E-state index in [1.165, 1.54) is 12.4 Å². The Morgan fingerprint density at radius 3 is 2.67 bits per heavy atom.